The maximum absolute atomic E-state index is 12.8. The molecule has 2 N–H and O–H groups in total. The van der Waals surface area contributed by atoms with Crippen LogP contribution in [0.1, 0.15) is 32.5 Å². The number of hydrogen-bond acceptors (Lipinski definition) is 4. The van der Waals surface area contributed by atoms with Crippen LogP contribution in [0, 0.1) is 11.8 Å². The third kappa shape index (κ3) is 4.30. The van der Waals surface area contributed by atoms with Crippen LogP contribution in [0.5, 0.6) is 0 Å². The van der Waals surface area contributed by atoms with Gasteiger partial charge in [0.25, 0.3) is 5.92 Å². The summed E-state index contributed by atoms with van der Waals surface area (Å²) < 4.78 is 27.5. The minimum Gasteiger partial charge on any atom is -0.324 e. The number of thioether (sulfide) groups is 1. The van der Waals surface area contributed by atoms with Gasteiger partial charge in [0.1, 0.15) is 5.82 Å². The Hall–Kier alpha value is -0.400. The molecule has 20 heavy (non-hydrogen) atoms. The molecule has 1 aliphatic carbocycles. The van der Waals surface area contributed by atoms with Crippen molar-refractivity contribution in [1.82, 2.24) is 14.8 Å². The minimum absolute atomic E-state index is 0. The van der Waals surface area contributed by atoms with Crippen LogP contribution < -0.4 is 5.73 Å². The average molecular weight is 327 g/mol. The molecule has 1 heterocycles. The van der Waals surface area contributed by atoms with Crippen molar-refractivity contribution in [2.24, 2.45) is 17.6 Å². The summed E-state index contributed by atoms with van der Waals surface area (Å²) >= 11 is 1.49. The molecule has 1 fully saturated rings. The Labute approximate surface area is 128 Å². The lowest BCUT2D eigenvalue weighted by atomic mass is 10.2. The molecule has 8 heteroatoms. The average Bonchev–Trinajstić information content (AvgIpc) is 2.76. The molecular formula is C12H21ClF2N4S. The van der Waals surface area contributed by atoms with E-state index in [-0.39, 0.29) is 18.8 Å². The number of hydrogen-bond donors (Lipinski definition) is 1. The topological polar surface area (TPSA) is 56.7 Å². The van der Waals surface area contributed by atoms with Gasteiger partial charge < -0.3 is 10.3 Å². The summed E-state index contributed by atoms with van der Waals surface area (Å²) in [7, 11) is 0. The van der Waals surface area contributed by atoms with Crippen molar-refractivity contribution in [3.63, 3.8) is 0 Å². The SMILES string of the molecule is CC(C)Cn1c(CN)nnc1SCCC1CC1(F)F.Cl. The van der Waals surface area contributed by atoms with Crippen LogP contribution in [0.2, 0.25) is 0 Å². The third-order valence-electron chi connectivity index (χ3n) is 3.18. The largest absolute Gasteiger partial charge is 0.324 e. The molecule has 0 amide bonds. The Morgan fingerprint density at radius 1 is 1.45 bits per heavy atom. The summed E-state index contributed by atoms with van der Waals surface area (Å²) in [6.45, 7) is 5.38. The smallest absolute Gasteiger partial charge is 0.251 e. The Morgan fingerprint density at radius 3 is 2.60 bits per heavy atom. The Kier molecular flexibility index (Phi) is 6.22. The van der Waals surface area contributed by atoms with E-state index in [9.17, 15) is 8.78 Å². The fourth-order valence-corrected chi connectivity index (χ4v) is 3.02. The highest BCUT2D eigenvalue weighted by Gasteiger charge is 2.55. The lowest BCUT2D eigenvalue weighted by molar-refractivity contribution is 0.0983. The van der Waals surface area contributed by atoms with Gasteiger partial charge in [-0.25, -0.2) is 8.78 Å². The number of rotatable bonds is 7. The highest BCUT2D eigenvalue weighted by Crippen LogP contribution is 2.51. The number of halogens is 3. The van der Waals surface area contributed by atoms with Gasteiger partial charge in [-0.1, -0.05) is 25.6 Å². The van der Waals surface area contributed by atoms with Gasteiger partial charge in [-0.05, 0) is 12.3 Å². The standard InChI is InChI=1S/C12H20F2N4S.ClH/c1-8(2)7-18-10(6-15)16-17-11(18)19-4-3-9-5-12(9,13)14;/h8-9H,3-7,15H2,1-2H3;1H. The molecule has 0 spiro atoms. The van der Waals surface area contributed by atoms with Crippen molar-refractivity contribution in [1.29, 1.82) is 0 Å². The van der Waals surface area contributed by atoms with E-state index in [0.29, 0.717) is 24.6 Å². The van der Waals surface area contributed by atoms with Crippen molar-refractivity contribution in [2.75, 3.05) is 5.75 Å². The predicted octanol–water partition coefficient (Wildman–Crippen LogP) is 2.95. The predicted molar refractivity (Wildman–Crippen MR) is 78.4 cm³/mol. The Balaban J connectivity index is 0.00000200. The van der Waals surface area contributed by atoms with Crippen molar-refractivity contribution < 1.29 is 8.78 Å². The Morgan fingerprint density at radius 2 is 2.10 bits per heavy atom. The second-order valence-electron chi connectivity index (χ2n) is 5.41. The third-order valence-corrected chi connectivity index (χ3v) is 4.18. The molecular weight excluding hydrogens is 306 g/mol. The van der Waals surface area contributed by atoms with E-state index in [0.717, 1.165) is 17.5 Å². The summed E-state index contributed by atoms with van der Waals surface area (Å²) in [6.07, 6.45) is 0.574. The second kappa shape index (κ2) is 7.04. The minimum atomic E-state index is -2.42. The van der Waals surface area contributed by atoms with Gasteiger partial charge in [-0.15, -0.1) is 22.6 Å². The van der Waals surface area contributed by atoms with E-state index >= 15 is 0 Å². The van der Waals surface area contributed by atoms with E-state index in [1.165, 1.54) is 11.8 Å². The molecule has 1 saturated carbocycles. The van der Waals surface area contributed by atoms with E-state index < -0.39 is 11.8 Å². The first-order chi connectivity index (χ1) is 8.94. The first kappa shape index (κ1) is 17.7. The first-order valence-electron chi connectivity index (χ1n) is 6.56. The van der Waals surface area contributed by atoms with Crippen LogP contribution in [0.15, 0.2) is 5.16 Å². The molecule has 0 radical (unpaired) electrons. The Bertz CT molecular complexity index is 439. The summed E-state index contributed by atoms with van der Waals surface area (Å²) in [5, 5.41) is 8.94. The summed E-state index contributed by atoms with van der Waals surface area (Å²) in [5.74, 6) is -0.979. The van der Waals surface area contributed by atoms with Gasteiger partial charge in [0.15, 0.2) is 5.16 Å². The molecule has 4 nitrogen and oxygen atoms in total. The molecule has 1 aromatic rings. The molecule has 1 atom stereocenters. The highest BCUT2D eigenvalue weighted by atomic mass is 35.5. The van der Waals surface area contributed by atoms with Crippen molar-refractivity contribution in [3.8, 4) is 0 Å². The van der Waals surface area contributed by atoms with Crippen LogP contribution in [0.3, 0.4) is 0 Å². The maximum Gasteiger partial charge on any atom is 0.251 e. The lowest BCUT2D eigenvalue weighted by Gasteiger charge is -2.11. The van der Waals surface area contributed by atoms with Crippen molar-refractivity contribution in [2.45, 2.75) is 50.9 Å². The monoisotopic (exact) mass is 326 g/mol. The number of aromatic nitrogens is 3. The summed E-state index contributed by atoms with van der Waals surface area (Å²) in [4.78, 5) is 0. The molecule has 0 bridgehead atoms. The van der Waals surface area contributed by atoms with E-state index in [4.69, 9.17) is 5.73 Å². The van der Waals surface area contributed by atoms with Crippen LogP contribution in [-0.2, 0) is 13.1 Å². The maximum atomic E-state index is 12.8. The molecule has 1 unspecified atom stereocenters. The quantitative estimate of drug-likeness (QED) is 0.783. The number of alkyl halides is 2. The molecule has 0 aliphatic heterocycles. The zero-order chi connectivity index (χ0) is 14.0. The van der Waals surface area contributed by atoms with Gasteiger partial charge in [-0.2, -0.15) is 0 Å². The van der Waals surface area contributed by atoms with Crippen LogP contribution in [0.25, 0.3) is 0 Å². The fourth-order valence-electron chi connectivity index (χ4n) is 2.00. The summed E-state index contributed by atoms with van der Waals surface area (Å²) in [5.41, 5.74) is 5.63. The van der Waals surface area contributed by atoms with Crippen molar-refractivity contribution in [3.05, 3.63) is 5.82 Å². The molecule has 116 valence electrons. The van der Waals surface area contributed by atoms with Gasteiger partial charge in [0, 0.05) is 24.6 Å². The number of nitrogens with two attached hydrogens (primary N) is 1. The van der Waals surface area contributed by atoms with Gasteiger partial charge in [0.2, 0.25) is 0 Å². The highest BCUT2D eigenvalue weighted by molar-refractivity contribution is 7.99. The van der Waals surface area contributed by atoms with Gasteiger partial charge >= 0.3 is 0 Å². The molecule has 1 aromatic heterocycles. The first-order valence-corrected chi connectivity index (χ1v) is 7.55. The zero-order valence-corrected chi connectivity index (χ0v) is 13.3. The fraction of sp³-hybridized carbons (Fsp3) is 0.833. The van der Waals surface area contributed by atoms with E-state index in [1.54, 1.807) is 0 Å². The van der Waals surface area contributed by atoms with Crippen LogP contribution >= 0.6 is 24.2 Å². The molecule has 0 aromatic carbocycles. The molecule has 2 rings (SSSR count). The lowest BCUT2D eigenvalue weighted by Crippen LogP contribution is -2.13. The summed E-state index contributed by atoms with van der Waals surface area (Å²) in [6, 6.07) is 0. The van der Waals surface area contributed by atoms with E-state index in [2.05, 4.69) is 24.0 Å². The second-order valence-corrected chi connectivity index (χ2v) is 6.47. The zero-order valence-electron chi connectivity index (χ0n) is 11.7. The normalized spacial score (nSPS) is 20.0. The van der Waals surface area contributed by atoms with E-state index in [1.807, 2.05) is 4.57 Å². The van der Waals surface area contributed by atoms with Crippen LogP contribution in [0.4, 0.5) is 8.78 Å². The van der Waals surface area contributed by atoms with Gasteiger partial charge in [-0.3, -0.25) is 0 Å². The van der Waals surface area contributed by atoms with Crippen LogP contribution in [-0.4, -0.2) is 26.4 Å². The number of nitrogens with zero attached hydrogens (tertiary/aromatic N) is 3. The van der Waals surface area contributed by atoms with Gasteiger partial charge in [0.05, 0.1) is 6.54 Å². The molecule has 0 saturated heterocycles. The molecule has 1 aliphatic rings. The van der Waals surface area contributed by atoms with Crippen molar-refractivity contribution >= 4 is 24.2 Å².